The quantitative estimate of drug-likeness (QED) is 0.479. The Hall–Kier alpha value is -2.62. The van der Waals surface area contributed by atoms with Gasteiger partial charge >= 0.3 is 0 Å². The van der Waals surface area contributed by atoms with Crippen LogP contribution in [0.4, 0.5) is 5.13 Å². The number of amides is 1. The Morgan fingerprint density at radius 2 is 2.04 bits per heavy atom. The molecule has 0 aliphatic rings. The molecule has 142 valence electrons. The Morgan fingerprint density at radius 3 is 2.71 bits per heavy atom. The lowest BCUT2D eigenvalue weighted by molar-refractivity contribution is 0.0989. The first kappa shape index (κ1) is 18.7. The van der Waals surface area contributed by atoms with Crippen molar-refractivity contribution in [2.45, 2.75) is 11.4 Å². The zero-order valence-corrected chi connectivity index (χ0v) is 17.2. The van der Waals surface area contributed by atoms with Gasteiger partial charge in [-0.2, -0.15) is 0 Å². The number of fused-ring (bicyclic) bond motifs is 1. The van der Waals surface area contributed by atoms with E-state index in [1.165, 1.54) is 35.0 Å². The minimum atomic E-state index is -3.31. The summed E-state index contributed by atoms with van der Waals surface area (Å²) in [5.41, 5.74) is 1.53. The van der Waals surface area contributed by atoms with Crippen molar-refractivity contribution < 1.29 is 13.2 Å². The summed E-state index contributed by atoms with van der Waals surface area (Å²) < 4.78 is 24.4. The van der Waals surface area contributed by atoms with Gasteiger partial charge in [0.1, 0.15) is 0 Å². The number of hydrogen-bond acceptors (Lipinski definition) is 7. The molecule has 0 saturated carbocycles. The van der Waals surface area contributed by atoms with E-state index in [0.29, 0.717) is 26.8 Å². The Kier molecular flexibility index (Phi) is 4.96. The van der Waals surface area contributed by atoms with Gasteiger partial charge in [0, 0.05) is 18.6 Å². The third-order valence-electron chi connectivity index (χ3n) is 4.05. The summed E-state index contributed by atoms with van der Waals surface area (Å²) in [4.78, 5) is 24.2. The maximum Gasteiger partial charge on any atom is 0.270 e. The van der Waals surface area contributed by atoms with E-state index in [0.717, 1.165) is 5.56 Å². The zero-order chi connectivity index (χ0) is 19.7. The first-order valence-corrected chi connectivity index (χ1v) is 11.9. The van der Waals surface area contributed by atoms with Gasteiger partial charge in [-0.15, -0.1) is 11.3 Å². The maximum atomic E-state index is 13.1. The van der Waals surface area contributed by atoms with Crippen molar-refractivity contribution in [3.63, 3.8) is 0 Å². The zero-order valence-electron chi connectivity index (χ0n) is 14.8. The number of carbonyl (C=O) groups excluding carboxylic acids is 1. The molecule has 0 bridgehead atoms. The van der Waals surface area contributed by atoms with Gasteiger partial charge in [-0.25, -0.2) is 13.4 Å². The van der Waals surface area contributed by atoms with Crippen LogP contribution in [0.25, 0.3) is 10.2 Å². The minimum absolute atomic E-state index is 0.152. The molecule has 0 fully saturated rings. The van der Waals surface area contributed by atoms with E-state index in [-0.39, 0.29) is 10.8 Å². The van der Waals surface area contributed by atoms with E-state index in [2.05, 4.69) is 9.97 Å². The molecule has 0 aliphatic carbocycles. The summed E-state index contributed by atoms with van der Waals surface area (Å²) in [6.07, 6.45) is 4.56. The molecule has 3 heterocycles. The Bertz CT molecular complexity index is 1230. The van der Waals surface area contributed by atoms with Crippen LogP contribution in [-0.4, -0.2) is 30.5 Å². The molecule has 0 aliphatic heterocycles. The highest BCUT2D eigenvalue weighted by molar-refractivity contribution is 7.90. The molecule has 0 N–H and O–H groups in total. The van der Waals surface area contributed by atoms with Crippen molar-refractivity contribution in [3.05, 3.63) is 70.7 Å². The van der Waals surface area contributed by atoms with Gasteiger partial charge in [0.15, 0.2) is 15.0 Å². The molecular weight excluding hydrogens is 414 g/mol. The van der Waals surface area contributed by atoms with Gasteiger partial charge in [0.2, 0.25) is 0 Å². The average Bonchev–Trinajstić information content (AvgIpc) is 3.34. The van der Waals surface area contributed by atoms with Crippen LogP contribution >= 0.6 is 22.7 Å². The van der Waals surface area contributed by atoms with Crippen LogP contribution in [-0.2, 0) is 16.4 Å². The average molecular weight is 430 g/mol. The standard InChI is InChI=1S/C19H15N3O3S3/c1-28(24,25)14-6-7-15-17(10-14)27-19(21-15)22(12-13-4-2-8-20-11-13)18(23)16-5-3-9-26-16/h2-11H,12H2,1H3. The van der Waals surface area contributed by atoms with E-state index in [1.54, 1.807) is 35.5 Å². The molecule has 0 unspecified atom stereocenters. The molecule has 0 radical (unpaired) electrons. The lowest BCUT2D eigenvalue weighted by atomic mass is 10.2. The lowest BCUT2D eigenvalue weighted by Crippen LogP contribution is -2.29. The molecule has 0 spiro atoms. The number of thiazole rings is 1. The number of pyridine rings is 1. The van der Waals surface area contributed by atoms with Gasteiger partial charge in [-0.05, 0) is 41.3 Å². The first-order chi connectivity index (χ1) is 13.4. The van der Waals surface area contributed by atoms with Crippen LogP contribution in [0.3, 0.4) is 0 Å². The number of thiophene rings is 1. The molecule has 4 aromatic rings. The molecule has 4 rings (SSSR count). The molecule has 28 heavy (non-hydrogen) atoms. The second-order valence-electron chi connectivity index (χ2n) is 6.13. The first-order valence-electron chi connectivity index (χ1n) is 8.27. The molecule has 9 heteroatoms. The summed E-state index contributed by atoms with van der Waals surface area (Å²) >= 11 is 2.66. The van der Waals surface area contributed by atoms with E-state index in [1.807, 2.05) is 23.6 Å². The summed E-state index contributed by atoms with van der Waals surface area (Å²) in [6, 6.07) is 12.1. The number of sulfone groups is 1. The van der Waals surface area contributed by atoms with Crippen LogP contribution in [0.15, 0.2) is 65.1 Å². The smallest absolute Gasteiger partial charge is 0.270 e. The molecule has 1 amide bonds. The molecule has 0 saturated heterocycles. The van der Waals surface area contributed by atoms with Crippen molar-refractivity contribution in [3.8, 4) is 0 Å². The van der Waals surface area contributed by atoms with Gasteiger partial charge in [-0.1, -0.05) is 23.5 Å². The van der Waals surface area contributed by atoms with Crippen molar-refractivity contribution in [1.29, 1.82) is 0 Å². The van der Waals surface area contributed by atoms with E-state index < -0.39 is 9.84 Å². The second-order valence-corrected chi connectivity index (χ2v) is 10.1. The molecule has 6 nitrogen and oxygen atoms in total. The number of benzene rings is 1. The topological polar surface area (TPSA) is 80.2 Å². The fraction of sp³-hybridized carbons (Fsp3) is 0.105. The van der Waals surface area contributed by atoms with E-state index >= 15 is 0 Å². The van der Waals surface area contributed by atoms with Gasteiger partial charge in [-0.3, -0.25) is 14.7 Å². The summed E-state index contributed by atoms with van der Waals surface area (Å²) in [5.74, 6) is -0.152. The molecule has 3 aromatic heterocycles. The third kappa shape index (κ3) is 3.82. The van der Waals surface area contributed by atoms with Crippen molar-refractivity contribution >= 4 is 53.8 Å². The van der Waals surface area contributed by atoms with Crippen molar-refractivity contribution in [2.24, 2.45) is 0 Å². The minimum Gasteiger partial charge on any atom is -0.279 e. The summed E-state index contributed by atoms with van der Waals surface area (Å²) in [7, 11) is -3.31. The van der Waals surface area contributed by atoms with Crippen LogP contribution < -0.4 is 4.90 Å². The predicted octanol–water partition coefficient (Wildman–Crippen LogP) is 4.00. The highest BCUT2D eigenvalue weighted by Gasteiger charge is 2.23. The third-order valence-corrected chi connectivity index (χ3v) is 7.06. The largest absolute Gasteiger partial charge is 0.279 e. The van der Waals surface area contributed by atoms with E-state index in [4.69, 9.17) is 0 Å². The highest BCUT2D eigenvalue weighted by Crippen LogP contribution is 2.32. The normalized spacial score (nSPS) is 11.6. The summed E-state index contributed by atoms with van der Waals surface area (Å²) in [6.45, 7) is 0.323. The fourth-order valence-electron chi connectivity index (χ4n) is 2.67. The number of aromatic nitrogens is 2. The van der Waals surface area contributed by atoms with Gasteiger partial charge in [0.25, 0.3) is 5.91 Å². The van der Waals surface area contributed by atoms with Crippen LogP contribution in [0.2, 0.25) is 0 Å². The monoisotopic (exact) mass is 429 g/mol. The number of nitrogens with zero attached hydrogens (tertiary/aromatic N) is 3. The van der Waals surface area contributed by atoms with Crippen molar-refractivity contribution in [2.75, 3.05) is 11.2 Å². The molecular formula is C19H15N3O3S3. The number of carbonyl (C=O) groups is 1. The Balaban J connectivity index is 1.78. The van der Waals surface area contributed by atoms with Gasteiger partial charge in [0.05, 0.1) is 26.5 Å². The highest BCUT2D eigenvalue weighted by atomic mass is 32.2. The van der Waals surface area contributed by atoms with Crippen LogP contribution in [0, 0.1) is 0 Å². The van der Waals surface area contributed by atoms with Gasteiger partial charge < -0.3 is 0 Å². The number of anilines is 1. The number of rotatable bonds is 5. The predicted molar refractivity (Wildman–Crippen MR) is 112 cm³/mol. The Morgan fingerprint density at radius 1 is 1.18 bits per heavy atom. The van der Waals surface area contributed by atoms with Crippen LogP contribution in [0.5, 0.6) is 0 Å². The molecule has 1 aromatic carbocycles. The fourth-order valence-corrected chi connectivity index (χ4v) is 5.07. The lowest BCUT2D eigenvalue weighted by Gasteiger charge is -2.19. The van der Waals surface area contributed by atoms with Crippen molar-refractivity contribution in [1.82, 2.24) is 9.97 Å². The molecule has 0 atom stereocenters. The van der Waals surface area contributed by atoms with Crippen LogP contribution in [0.1, 0.15) is 15.2 Å². The number of hydrogen-bond donors (Lipinski definition) is 0. The maximum absolute atomic E-state index is 13.1. The SMILES string of the molecule is CS(=O)(=O)c1ccc2nc(N(Cc3cccnc3)C(=O)c3cccs3)sc2c1. The Labute approximate surface area is 170 Å². The second kappa shape index (κ2) is 7.42. The summed E-state index contributed by atoms with van der Waals surface area (Å²) in [5, 5.41) is 2.37. The van der Waals surface area contributed by atoms with E-state index in [9.17, 15) is 13.2 Å².